The van der Waals surface area contributed by atoms with Gasteiger partial charge in [-0.3, -0.25) is 9.59 Å². The highest BCUT2D eigenvalue weighted by Crippen LogP contribution is 1.99. The molecule has 12 heavy (non-hydrogen) atoms. The van der Waals surface area contributed by atoms with Gasteiger partial charge in [0.05, 0.1) is 6.42 Å². The minimum absolute atomic E-state index is 0.0189. The van der Waals surface area contributed by atoms with Crippen molar-refractivity contribution in [1.82, 2.24) is 0 Å². The molecule has 0 fully saturated rings. The molecule has 0 heterocycles. The molecule has 1 atom stereocenters. The van der Waals surface area contributed by atoms with Crippen LogP contribution in [0.5, 0.6) is 0 Å². The van der Waals surface area contributed by atoms with Crippen molar-refractivity contribution in [3.63, 3.8) is 0 Å². The lowest BCUT2D eigenvalue weighted by molar-refractivity contribution is -0.137. The molecule has 0 aliphatic carbocycles. The normalized spacial score (nSPS) is 13.1. The summed E-state index contributed by atoms with van der Waals surface area (Å²) in [5.74, 6) is -0.887. The monoisotopic (exact) mass is 171 g/mol. The SMILES string of the molecule is NC(CCC=CC=O)CC(=O)O. The zero-order valence-corrected chi connectivity index (χ0v) is 6.77. The third kappa shape index (κ3) is 6.95. The molecule has 0 radical (unpaired) electrons. The van der Waals surface area contributed by atoms with Gasteiger partial charge < -0.3 is 10.8 Å². The fraction of sp³-hybridized carbons (Fsp3) is 0.500. The van der Waals surface area contributed by atoms with E-state index in [4.69, 9.17) is 10.8 Å². The van der Waals surface area contributed by atoms with Crippen molar-refractivity contribution in [2.75, 3.05) is 0 Å². The van der Waals surface area contributed by atoms with Crippen LogP contribution in [0.4, 0.5) is 0 Å². The maximum Gasteiger partial charge on any atom is 0.304 e. The van der Waals surface area contributed by atoms with Gasteiger partial charge in [-0.1, -0.05) is 6.08 Å². The van der Waals surface area contributed by atoms with Gasteiger partial charge in [0.2, 0.25) is 0 Å². The summed E-state index contributed by atoms with van der Waals surface area (Å²) in [5.41, 5.74) is 5.45. The Morgan fingerprint density at radius 2 is 2.25 bits per heavy atom. The average molecular weight is 171 g/mol. The van der Waals surface area contributed by atoms with Crippen molar-refractivity contribution in [2.24, 2.45) is 5.73 Å². The molecule has 1 unspecified atom stereocenters. The second-order valence-corrected chi connectivity index (χ2v) is 2.50. The van der Waals surface area contributed by atoms with Gasteiger partial charge in [0.25, 0.3) is 0 Å². The van der Waals surface area contributed by atoms with E-state index < -0.39 is 5.97 Å². The fourth-order valence-corrected chi connectivity index (χ4v) is 0.788. The van der Waals surface area contributed by atoms with Crippen LogP contribution in [-0.2, 0) is 9.59 Å². The number of aldehydes is 1. The summed E-state index contributed by atoms with van der Waals surface area (Å²) in [7, 11) is 0. The summed E-state index contributed by atoms with van der Waals surface area (Å²) in [4.78, 5) is 20.0. The second-order valence-electron chi connectivity index (χ2n) is 2.50. The van der Waals surface area contributed by atoms with Crippen LogP contribution in [0.3, 0.4) is 0 Å². The van der Waals surface area contributed by atoms with E-state index >= 15 is 0 Å². The molecule has 0 spiro atoms. The van der Waals surface area contributed by atoms with Crippen LogP contribution in [0.25, 0.3) is 0 Å². The first kappa shape index (κ1) is 10.8. The molecule has 0 amide bonds. The highest BCUT2D eigenvalue weighted by Gasteiger charge is 2.05. The first-order valence-electron chi connectivity index (χ1n) is 3.74. The van der Waals surface area contributed by atoms with Gasteiger partial charge in [-0.15, -0.1) is 0 Å². The smallest absolute Gasteiger partial charge is 0.304 e. The van der Waals surface area contributed by atoms with Gasteiger partial charge in [-0.25, -0.2) is 0 Å². The van der Waals surface area contributed by atoms with E-state index in [-0.39, 0.29) is 12.5 Å². The number of carbonyl (C=O) groups excluding carboxylic acids is 1. The van der Waals surface area contributed by atoms with Gasteiger partial charge in [-0.05, 0) is 18.9 Å². The van der Waals surface area contributed by atoms with Crippen molar-refractivity contribution in [3.05, 3.63) is 12.2 Å². The van der Waals surface area contributed by atoms with Crippen molar-refractivity contribution >= 4 is 12.3 Å². The van der Waals surface area contributed by atoms with Gasteiger partial charge >= 0.3 is 5.97 Å². The molecule has 68 valence electrons. The van der Waals surface area contributed by atoms with Crippen LogP contribution in [0.1, 0.15) is 19.3 Å². The molecule has 3 N–H and O–H groups in total. The van der Waals surface area contributed by atoms with Crippen LogP contribution in [0.15, 0.2) is 12.2 Å². The Morgan fingerprint density at radius 1 is 1.58 bits per heavy atom. The minimum Gasteiger partial charge on any atom is -0.481 e. The lowest BCUT2D eigenvalue weighted by Crippen LogP contribution is -2.23. The number of carbonyl (C=O) groups is 2. The summed E-state index contributed by atoms with van der Waals surface area (Å²) in [6.07, 6.45) is 4.96. The molecule has 0 saturated carbocycles. The van der Waals surface area contributed by atoms with Crippen molar-refractivity contribution in [1.29, 1.82) is 0 Å². The number of hydrogen-bond donors (Lipinski definition) is 2. The molecule has 0 aliphatic heterocycles. The lowest BCUT2D eigenvalue weighted by atomic mass is 10.1. The van der Waals surface area contributed by atoms with E-state index in [2.05, 4.69) is 0 Å². The number of rotatable bonds is 6. The third-order valence-electron chi connectivity index (χ3n) is 1.36. The molecule has 0 aliphatic rings. The molecule has 0 aromatic heterocycles. The molecule has 0 bridgehead atoms. The Bertz CT molecular complexity index is 177. The number of hydrogen-bond acceptors (Lipinski definition) is 3. The minimum atomic E-state index is -0.887. The van der Waals surface area contributed by atoms with Gasteiger partial charge in [0.15, 0.2) is 0 Å². The van der Waals surface area contributed by atoms with E-state index in [0.29, 0.717) is 19.1 Å². The molecule has 4 heteroatoms. The zero-order chi connectivity index (χ0) is 9.40. The predicted molar refractivity (Wildman–Crippen MR) is 44.7 cm³/mol. The van der Waals surface area contributed by atoms with Crippen molar-refractivity contribution in [3.8, 4) is 0 Å². The summed E-state index contributed by atoms with van der Waals surface area (Å²) in [6, 6.07) is -0.321. The number of aliphatic carboxylic acids is 1. The van der Waals surface area contributed by atoms with Crippen molar-refractivity contribution < 1.29 is 14.7 Å². The number of allylic oxidation sites excluding steroid dienone is 2. The molecule has 4 nitrogen and oxygen atoms in total. The van der Waals surface area contributed by atoms with Crippen molar-refractivity contribution in [2.45, 2.75) is 25.3 Å². The number of carboxylic acid groups (broad SMARTS) is 1. The quantitative estimate of drug-likeness (QED) is 0.445. The van der Waals surface area contributed by atoms with Gasteiger partial charge in [-0.2, -0.15) is 0 Å². The molecule has 0 aromatic rings. The van der Waals surface area contributed by atoms with Gasteiger partial charge in [0, 0.05) is 6.04 Å². The average Bonchev–Trinajstić information content (AvgIpc) is 1.97. The predicted octanol–water partition coefficient (Wildman–Crippen LogP) is 0.324. The van der Waals surface area contributed by atoms with Crippen LogP contribution in [0, 0.1) is 0 Å². The van der Waals surface area contributed by atoms with Crippen LogP contribution in [0.2, 0.25) is 0 Å². The Hall–Kier alpha value is -1.16. The van der Waals surface area contributed by atoms with E-state index in [0.717, 1.165) is 0 Å². The lowest BCUT2D eigenvalue weighted by Gasteiger charge is -2.05. The number of nitrogens with two attached hydrogens (primary N) is 1. The van der Waals surface area contributed by atoms with E-state index in [1.54, 1.807) is 6.08 Å². The Labute approximate surface area is 71.1 Å². The van der Waals surface area contributed by atoms with Crippen LogP contribution < -0.4 is 5.73 Å². The Morgan fingerprint density at radius 3 is 2.75 bits per heavy atom. The molecular formula is C8H13NO3. The van der Waals surface area contributed by atoms with Gasteiger partial charge in [0.1, 0.15) is 6.29 Å². The van der Waals surface area contributed by atoms with Crippen LogP contribution >= 0.6 is 0 Å². The largest absolute Gasteiger partial charge is 0.481 e. The standard InChI is InChI=1S/C8H13NO3/c9-7(6-8(11)12)4-2-1-3-5-10/h1,3,5,7H,2,4,6,9H2,(H,11,12). The summed E-state index contributed by atoms with van der Waals surface area (Å²) < 4.78 is 0. The summed E-state index contributed by atoms with van der Waals surface area (Å²) in [6.45, 7) is 0. The topological polar surface area (TPSA) is 80.4 Å². The van der Waals surface area contributed by atoms with E-state index in [1.807, 2.05) is 0 Å². The molecule has 0 aromatic carbocycles. The second kappa shape index (κ2) is 6.54. The summed E-state index contributed by atoms with van der Waals surface area (Å²) in [5, 5.41) is 8.33. The first-order chi connectivity index (χ1) is 5.66. The fourth-order valence-electron chi connectivity index (χ4n) is 0.788. The molecular weight excluding hydrogens is 158 g/mol. The summed E-state index contributed by atoms with van der Waals surface area (Å²) >= 11 is 0. The third-order valence-corrected chi connectivity index (χ3v) is 1.36. The highest BCUT2D eigenvalue weighted by molar-refractivity contribution is 5.67. The molecule has 0 saturated heterocycles. The first-order valence-corrected chi connectivity index (χ1v) is 3.74. The Balaban J connectivity index is 3.43. The van der Waals surface area contributed by atoms with E-state index in [9.17, 15) is 9.59 Å². The zero-order valence-electron chi connectivity index (χ0n) is 6.77. The Kier molecular flexibility index (Phi) is 5.91. The maximum atomic E-state index is 10.1. The molecule has 0 rings (SSSR count). The van der Waals surface area contributed by atoms with Crippen LogP contribution in [-0.4, -0.2) is 23.4 Å². The number of carboxylic acids is 1. The van der Waals surface area contributed by atoms with E-state index in [1.165, 1.54) is 6.08 Å². The maximum absolute atomic E-state index is 10.1. The highest BCUT2D eigenvalue weighted by atomic mass is 16.4.